The molecular formula is C32H40O4. The number of ether oxygens (including phenoxy) is 4. The Morgan fingerprint density at radius 3 is 1.61 bits per heavy atom. The van der Waals surface area contributed by atoms with Crippen molar-refractivity contribution in [3.05, 3.63) is 108 Å². The molecule has 4 atom stereocenters. The molecule has 0 radical (unpaired) electrons. The van der Waals surface area contributed by atoms with E-state index < -0.39 is 0 Å². The van der Waals surface area contributed by atoms with Crippen molar-refractivity contribution in [1.82, 2.24) is 0 Å². The zero-order chi connectivity index (χ0) is 24.8. The summed E-state index contributed by atoms with van der Waals surface area (Å²) in [5.74, 6) is 0. The molecule has 192 valence electrons. The highest BCUT2D eigenvalue weighted by Gasteiger charge is 2.46. The molecule has 0 unspecified atom stereocenters. The van der Waals surface area contributed by atoms with Crippen LogP contribution < -0.4 is 0 Å². The molecule has 0 N–H and O–H groups in total. The largest absolute Gasteiger partial charge is 0.374 e. The van der Waals surface area contributed by atoms with E-state index in [0.29, 0.717) is 26.4 Å². The van der Waals surface area contributed by atoms with Crippen molar-refractivity contribution in [3.8, 4) is 0 Å². The highest BCUT2D eigenvalue weighted by molar-refractivity contribution is 5.15. The normalized spacial score (nSPS) is 21.6. The molecular weight excluding hydrogens is 448 g/mol. The van der Waals surface area contributed by atoms with Gasteiger partial charge in [0.1, 0.15) is 18.3 Å². The molecule has 4 heteroatoms. The molecule has 3 aromatic rings. The molecule has 4 rings (SSSR count). The summed E-state index contributed by atoms with van der Waals surface area (Å²) in [6.45, 7) is 4.35. The summed E-state index contributed by atoms with van der Waals surface area (Å²) in [4.78, 5) is 0. The Bertz CT molecular complexity index is 963. The number of rotatable bonds is 15. The first-order valence-electron chi connectivity index (χ1n) is 13.4. The van der Waals surface area contributed by atoms with Gasteiger partial charge < -0.3 is 18.9 Å². The third-order valence-electron chi connectivity index (χ3n) is 6.71. The van der Waals surface area contributed by atoms with Gasteiger partial charge in [0.25, 0.3) is 0 Å². The van der Waals surface area contributed by atoms with Crippen molar-refractivity contribution < 1.29 is 18.9 Å². The number of unbranched alkanes of at least 4 members (excludes halogenated alkanes) is 3. The van der Waals surface area contributed by atoms with Gasteiger partial charge in [-0.2, -0.15) is 0 Å². The first-order chi connectivity index (χ1) is 17.8. The van der Waals surface area contributed by atoms with E-state index in [1.807, 2.05) is 42.5 Å². The van der Waals surface area contributed by atoms with E-state index in [1.165, 1.54) is 19.3 Å². The van der Waals surface area contributed by atoms with Crippen molar-refractivity contribution >= 4 is 0 Å². The minimum atomic E-state index is -0.194. The second-order valence-corrected chi connectivity index (χ2v) is 9.59. The van der Waals surface area contributed by atoms with E-state index in [1.54, 1.807) is 0 Å². The molecule has 3 aromatic carbocycles. The van der Waals surface area contributed by atoms with Crippen molar-refractivity contribution in [3.63, 3.8) is 0 Å². The average Bonchev–Trinajstić information content (AvgIpc) is 3.26. The number of benzene rings is 3. The lowest BCUT2D eigenvalue weighted by atomic mass is 10.0. The lowest BCUT2D eigenvalue weighted by molar-refractivity contribution is -0.0898. The zero-order valence-electron chi connectivity index (χ0n) is 21.5. The summed E-state index contributed by atoms with van der Waals surface area (Å²) in [5, 5.41) is 0. The van der Waals surface area contributed by atoms with Crippen LogP contribution in [0.25, 0.3) is 0 Å². The lowest BCUT2D eigenvalue weighted by Gasteiger charge is -2.25. The first kappa shape index (κ1) is 26.6. The fourth-order valence-electron chi connectivity index (χ4n) is 4.75. The average molecular weight is 489 g/mol. The molecule has 0 aromatic heterocycles. The van der Waals surface area contributed by atoms with E-state index in [2.05, 4.69) is 55.5 Å². The summed E-state index contributed by atoms with van der Waals surface area (Å²) in [6.07, 6.45) is 5.28. The second-order valence-electron chi connectivity index (χ2n) is 9.59. The fraction of sp³-hybridized carbons (Fsp3) is 0.438. The van der Waals surface area contributed by atoms with Crippen LogP contribution in [0.2, 0.25) is 0 Å². The molecule has 0 saturated carbocycles. The van der Waals surface area contributed by atoms with Crippen molar-refractivity contribution in [2.45, 2.75) is 83.3 Å². The number of hydrogen-bond acceptors (Lipinski definition) is 4. The monoisotopic (exact) mass is 488 g/mol. The Morgan fingerprint density at radius 2 is 1.08 bits per heavy atom. The van der Waals surface area contributed by atoms with Crippen LogP contribution in [0.5, 0.6) is 0 Å². The van der Waals surface area contributed by atoms with Crippen LogP contribution in [-0.4, -0.2) is 31.0 Å². The maximum atomic E-state index is 6.61. The van der Waals surface area contributed by atoms with E-state index >= 15 is 0 Å². The number of hydrogen-bond donors (Lipinski definition) is 0. The quantitative estimate of drug-likeness (QED) is 0.214. The van der Waals surface area contributed by atoms with Gasteiger partial charge in [-0.1, -0.05) is 124 Å². The van der Waals surface area contributed by atoms with E-state index in [0.717, 1.165) is 29.5 Å². The van der Waals surface area contributed by atoms with E-state index in [4.69, 9.17) is 18.9 Å². The Morgan fingerprint density at radius 1 is 0.583 bits per heavy atom. The topological polar surface area (TPSA) is 36.9 Å². The van der Waals surface area contributed by atoms with Gasteiger partial charge in [0.2, 0.25) is 0 Å². The van der Waals surface area contributed by atoms with Gasteiger partial charge in [-0.25, -0.2) is 0 Å². The van der Waals surface area contributed by atoms with Gasteiger partial charge in [-0.3, -0.25) is 0 Å². The molecule has 0 bridgehead atoms. The molecule has 0 spiro atoms. The van der Waals surface area contributed by atoms with E-state index in [9.17, 15) is 0 Å². The molecule has 1 fully saturated rings. The minimum absolute atomic E-state index is 0.00309. The second kappa shape index (κ2) is 14.9. The van der Waals surface area contributed by atoms with Crippen molar-refractivity contribution in [2.24, 2.45) is 0 Å². The van der Waals surface area contributed by atoms with Crippen LogP contribution in [0.1, 0.15) is 55.7 Å². The third-order valence-corrected chi connectivity index (χ3v) is 6.71. The summed E-state index contributed by atoms with van der Waals surface area (Å²) < 4.78 is 25.8. The van der Waals surface area contributed by atoms with Gasteiger partial charge in [0.15, 0.2) is 0 Å². The fourth-order valence-corrected chi connectivity index (χ4v) is 4.75. The Kier molecular flexibility index (Phi) is 11.0. The molecule has 1 saturated heterocycles. The molecule has 0 aliphatic carbocycles. The van der Waals surface area contributed by atoms with Crippen LogP contribution in [-0.2, 0) is 38.8 Å². The summed E-state index contributed by atoms with van der Waals surface area (Å²) in [7, 11) is 0. The van der Waals surface area contributed by atoms with Gasteiger partial charge in [-0.15, -0.1) is 0 Å². The summed E-state index contributed by atoms with van der Waals surface area (Å²) in [6, 6.07) is 30.9. The van der Waals surface area contributed by atoms with Crippen LogP contribution in [0.15, 0.2) is 91.0 Å². The van der Waals surface area contributed by atoms with Crippen molar-refractivity contribution in [2.75, 3.05) is 6.61 Å². The maximum absolute atomic E-state index is 6.61. The minimum Gasteiger partial charge on any atom is -0.374 e. The lowest BCUT2D eigenvalue weighted by Crippen LogP contribution is -2.39. The highest BCUT2D eigenvalue weighted by atomic mass is 16.6. The Hall–Kier alpha value is -2.50. The van der Waals surface area contributed by atoms with Gasteiger partial charge in [0.05, 0.1) is 32.5 Å². The first-order valence-corrected chi connectivity index (χ1v) is 13.4. The predicted molar refractivity (Wildman–Crippen MR) is 144 cm³/mol. The Balaban J connectivity index is 1.45. The third kappa shape index (κ3) is 8.28. The van der Waals surface area contributed by atoms with Gasteiger partial charge in [0, 0.05) is 0 Å². The van der Waals surface area contributed by atoms with Crippen LogP contribution in [0, 0.1) is 0 Å². The van der Waals surface area contributed by atoms with Gasteiger partial charge in [-0.05, 0) is 23.1 Å². The molecule has 1 aliphatic heterocycles. The van der Waals surface area contributed by atoms with Crippen LogP contribution >= 0.6 is 0 Å². The smallest absolute Gasteiger partial charge is 0.115 e. The van der Waals surface area contributed by atoms with Crippen molar-refractivity contribution in [1.29, 1.82) is 0 Å². The molecule has 1 aliphatic rings. The Labute approximate surface area is 216 Å². The van der Waals surface area contributed by atoms with Crippen LogP contribution in [0.3, 0.4) is 0 Å². The molecule has 36 heavy (non-hydrogen) atoms. The summed E-state index contributed by atoms with van der Waals surface area (Å²) >= 11 is 0. The standard InChI is InChI=1S/C32H40O4/c1-2-3-4-14-21-29-31(34-23-27-17-10-6-11-18-27)32(35-24-28-19-12-7-13-20-28)30(36-29)25-33-22-26-15-8-5-9-16-26/h5-13,15-20,29-32H,2-4,14,21-25H2,1H3/t29-,30-,31+,32+/m1/s1. The maximum Gasteiger partial charge on any atom is 0.115 e. The predicted octanol–water partition coefficient (Wildman–Crippen LogP) is 7.11. The molecule has 0 amide bonds. The van der Waals surface area contributed by atoms with Crippen LogP contribution in [0.4, 0.5) is 0 Å². The molecule has 1 heterocycles. The molecule has 4 nitrogen and oxygen atoms in total. The zero-order valence-corrected chi connectivity index (χ0v) is 21.5. The van der Waals surface area contributed by atoms with E-state index in [-0.39, 0.29) is 24.4 Å². The highest BCUT2D eigenvalue weighted by Crippen LogP contribution is 2.32. The summed E-state index contributed by atoms with van der Waals surface area (Å²) in [5.41, 5.74) is 3.47. The SMILES string of the molecule is CCCCCC[C@H]1O[C@H](COCc2ccccc2)[C@H](OCc2ccccc2)[C@H]1OCc1ccccc1. The van der Waals surface area contributed by atoms with Gasteiger partial charge >= 0.3 is 0 Å².